The zero-order valence-electron chi connectivity index (χ0n) is 13.2. The van der Waals surface area contributed by atoms with Crippen LogP contribution in [0.3, 0.4) is 0 Å². The highest BCUT2D eigenvalue weighted by molar-refractivity contribution is 7.92. The lowest BCUT2D eigenvalue weighted by Crippen LogP contribution is -2.50. The van der Waals surface area contributed by atoms with Crippen molar-refractivity contribution in [3.8, 4) is 0 Å². The van der Waals surface area contributed by atoms with E-state index in [1.54, 1.807) is 0 Å². The zero-order valence-corrected chi connectivity index (χ0v) is 14.0. The molecule has 2 rings (SSSR count). The molecule has 0 bridgehead atoms. The van der Waals surface area contributed by atoms with Crippen LogP contribution < -0.4 is 4.90 Å². The molecule has 0 aliphatic carbocycles. The van der Waals surface area contributed by atoms with Crippen LogP contribution in [0, 0.1) is 5.82 Å². The predicted octanol–water partition coefficient (Wildman–Crippen LogP) is 1.41. The number of benzene rings is 1. The van der Waals surface area contributed by atoms with Crippen LogP contribution in [0.15, 0.2) is 23.1 Å². The second kappa shape index (κ2) is 7.16. The normalized spacial score (nSPS) is 16.2. The van der Waals surface area contributed by atoms with Crippen molar-refractivity contribution in [1.29, 1.82) is 0 Å². The van der Waals surface area contributed by atoms with Gasteiger partial charge in [-0.1, -0.05) is 0 Å². The lowest BCUT2D eigenvalue weighted by atomic mass is 10.2. The third kappa shape index (κ3) is 4.03. The van der Waals surface area contributed by atoms with Gasteiger partial charge in [-0.05, 0) is 18.2 Å². The van der Waals surface area contributed by atoms with Gasteiger partial charge < -0.3 is 14.5 Å². The third-order valence-electron chi connectivity index (χ3n) is 3.76. The average molecular weight is 384 g/mol. The molecule has 0 saturated carbocycles. The first-order chi connectivity index (χ1) is 11.6. The molecule has 0 spiro atoms. The van der Waals surface area contributed by atoms with Crippen LogP contribution in [0.2, 0.25) is 0 Å². The largest absolute Gasteiger partial charge is 0.501 e. The molecular formula is C14H16F4N2O4S. The number of rotatable bonds is 4. The van der Waals surface area contributed by atoms with E-state index in [0.29, 0.717) is 6.07 Å². The Bertz CT molecular complexity index is 744. The topological polar surface area (TPSA) is 66.9 Å². The summed E-state index contributed by atoms with van der Waals surface area (Å²) in [6.45, 7) is 0.476. The number of sulfone groups is 1. The van der Waals surface area contributed by atoms with Crippen LogP contribution in [0.1, 0.15) is 0 Å². The Kier molecular flexibility index (Phi) is 5.57. The second-order valence-corrected chi connectivity index (χ2v) is 7.27. The number of piperazine rings is 1. The Labute approximate surface area is 141 Å². The highest BCUT2D eigenvalue weighted by Gasteiger charge is 2.48. The number of hydrogen-bond acceptors (Lipinski definition) is 5. The van der Waals surface area contributed by atoms with Crippen molar-refractivity contribution < 1.29 is 35.5 Å². The van der Waals surface area contributed by atoms with E-state index < -0.39 is 26.1 Å². The van der Waals surface area contributed by atoms with Gasteiger partial charge in [0.2, 0.25) is 5.91 Å². The molecule has 1 fully saturated rings. The molecule has 1 aliphatic heterocycles. The van der Waals surface area contributed by atoms with Crippen LogP contribution in [0.5, 0.6) is 0 Å². The van der Waals surface area contributed by atoms with E-state index in [9.17, 15) is 30.8 Å². The molecule has 1 amide bonds. The summed E-state index contributed by atoms with van der Waals surface area (Å²) >= 11 is 0. The average Bonchev–Trinajstić information content (AvgIpc) is 2.54. The molecular weight excluding hydrogens is 368 g/mol. The Morgan fingerprint density at radius 3 is 2.32 bits per heavy atom. The van der Waals surface area contributed by atoms with E-state index in [1.165, 1.54) is 16.9 Å². The Balaban J connectivity index is 2.29. The van der Waals surface area contributed by atoms with Crippen LogP contribution in [-0.2, 0) is 19.4 Å². The number of alkyl halides is 3. The first kappa shape index (κ1) is 19.4. The molecule has 1 aromatic carbocycles. The molecule has 1 saturated heterocycles. The SMILES string of the molecule is COCC(=O)N1CCN(c2ccc(F)cc2S(=O)(=O)C(F)(F)F)CC1. The van der Waals surface area contributed by atoms with E-state index in [0.717, 1.165) is 12.1 Å². The molecule has 25 heavy (non-hydrogen) atoms. The Morgan fingerprint density at radius 1 is 1.20 bits per heavy atom. The highest BCUT2D eigenvalue weighted by Crippen LogP contribution is 2.36. The van der Waals surface area contributed by atoms with E-state index in [4.69, 9.17) is 4.74 Å². The van der Waals surface area contributed by atoms with Gasteiger partial charge in [0, 0.05) is 33.3 Å². The van der Waals surface area contributed by atoms with Crippen molar-refractivity contribution in [2.45, 2.75) is 10.4 Å². The summed E-state index contributed by atoms with van der Waals surface area (Å²) < 4.78 is 80.1. The van der Waals surface area contributed by atoms with Gasteiger partial charge in [0.05, 0.1) is 5.69 Å². The summed E-state index contributed by atoms with van der Waals surface area (Å²) in [7, 11) is -4.34. The maximum atomic E-state index is 13.4. The number of carbonyl (C=O) groups is 1. The van der Waals surface area contributed by atoms with Gasteiger partial charge in [-0.3, -0.25) is 4.79 Å². The predicted molar refractivity (Wildman–Crippen MR) is 80.3 cm³/mol. The van der Waals surface area contributed by atoms with Crippen LogP contribution in [-0.4, -0.2) is 64.6 Å². The van der Waals surface area contributed by atoms with Crippen molar-refractivity contribution in [2.24, 2.45) is 0 Å². The number of nitrogens with zero attached hydrogens (tertiary/aromatic N) is 2. The quantitative estimate of drug-likeness (QED) is 0.735. The minimum absolute atomic E-state index is 0.113. The van der Waals surface area contributed by atoms with Crippen molar-refractivity contribution in [2.75, 3.05) is 44.8 Å². The van der Waals surface area contributed by atoms with Gasteiger partial charge in [-0.15, -0.1) is 0 Å². The molecule has 0 atom stereocenters. The molecule has 6 nitrogen and oxygen atoms in total. The van der Waals surface area contributed by atoms with E-state index in [1.807, 2.05) is 0 Å². The van der Waals surface area contributed by atoms with Crippen molar-refractivity contribution >= 4 is 21.4 Å². The fourth-order valence-electron chi connectivity index (χ4n) is 2.50. The number of methoxy groups -OCH3 is 1. The lowest BCUT2D eigenvalue weighted by molar-refractivity contribution is -0.135. The van der Waals surface area contributed by atoms with Crippen LogP contribution >= 0.6 is 0 Å². The van der Waals surface area contributed by atoms with Crippen LogP contribution in [0.4, 0.5) is 23.2 Å². The summed E-state index contributed by atoms with van der Waals surface area (Å²) in [6.07, 6.45) is 0. The smallest absolute Gasteiger partial charge is 0.375 e. The second-order valence-electron chi connectivity index (χ2n) is 5.36. The fourth-order valence-corrected chi connectivity index (χ4v) is 3.49. The minimum atomic E-state index is -5.70. The maximum Gasteiger partial charge on any atom is 0.501 e. The monoisotopic (exact) mass is 384 g/mol. The first-order valence-electron chi connectivity index (χ1n) is 7.20. The molecule has 1 heterocycles. The van der Waals surface area contributed by atoms with Gasteiger partial charge in [-0.25, -0.2) is 12.8 Å². The van der Waals surface area contributed by atoms with E-state index in [2.05, 4.69) is 0 Å². The molecule has 0 radical (unpaired) electrons. The van der Waals surface area contributed by atoms with E-state index >= 15 is 0 Å². The number of anilines is 1. The number of hydrogen-bond donors (Lipinski definition) is 0. The summed E-state index contributed by atoms with van der Waals surface area (Å²) in [4.78, 5) is 13.4. The molecule has 0 unspecified atom stereocenters. The summed E-state index contributed by atoms with van der Waals surface area (Å²) in [5.41, 5.74) is -5.77. The first-order valence-corrected chi connectivity index (χ1v) is 8.69. The van der Waals surface area contributed by atoms with Gasteiger partial charge in [-0.2, -0.15) is 13.2 Å². The standard InChI is InChI=1S/C14H16F4N2O4S/c1-24-9-13(21)20-6-4-19(5-7-20)11-3-2-10(15)8-12(11)25(22,23)14(16,17)18/h2-3,8H,4-7,9H2,1H3. The summed E-state index contributed by atoms with van der Waals surface area (Å²) in [5, 5.41) is 0. The van der Waals surface area contributed by atoms with Gasteiger partial charge in [0.1, 0.15) is 17.3 Å². The third-order valence-corrected chi connectivity index (χ3v) is 5.27. The highest BCUT2D eigenvalue weighted by atomic mass is 32.2. The summed E-state index contributed by atoms with van der Waals surface area (Å²) in [6, 6.07) is 2.26. The molecule has 0 aromatic heterocycles. The van der Waals surface area contributed by atoms with Crippen molar-refractivity contribution in [1.82, 2.24) is 4.90 Å². The molecule has 140 valence electrons. The van der Waals surface area contributed by atoms with Gasteiger partial charge in [0.25, 0.3) is 9.84 Å². The molecule has 0 N–H and O–H groups in total. The van der Waals surface area contributed by atoms with Crippen LogP contribution in [0.25, 0.3) is 0 Å². The molecule has 11 heteroatoms. The number of halogens is 4. The zero-order chi connectivity index (χ0) is 18.8. The van der Waals surface area contributed by atoms with Gasteiger partial charge >= 0.3 is 5.51 Å². The summed E-state index contributed by atoms with van der Waals surface area (Å²) in [5.74, 6) is -1.36. The Morgan fingerprint density at radius 2 is 1.80 bits per heavy atom. The Hall–Kier alpha value is -1.88. The van der Waals surface area contributed by atoms with E-state index in [-0.39, 0.29) is 44.4 Å². The number of carbonyl (C=O) groups excluding carboxylic acids is 1. The van der Waals surface area contributed by atoms with Crippen molar-refractivity contribution in [3.05, 3.63) is 24.0 Å². The minimum Gasteiger partial charge on any atom is -0.375 e. The van der Waals surface area contributed by atoms with Gasteiger partial charge in [0.15, 0.2) is 0 Å². The molecule has 1 aliphatic rings. The number of amides is 1. The van der Waals surface area contributed by atoms with Crippen molar-refractivity contribution in [3.63, 3.8) is 0 Å². The molecule has 1 aromatic rings. The fraction of sp³-hybridized carbons (Fsp3) is 0.500. The maximum absolute atomic E-state index is 13.4. The number of ether oxygens (including phenoxy) is 1. The lowest BCUT2D eigenvalue weighted by Gasteiger charge is -2.36.